The molecular formula is C18H24N4O3. The monoisotopic (exact) mass is 344 g/mol. The first-order valence-electron chi connectivity index (χ1n) is 9.07. The molecule has 2 fully saturated rings. The second kappa shape index (κ2) is 6.29. The van der Waals surface area contributed by atoms with E-state index in [-0.39, 0.29) is 23.6 Å². The Bertz CT molecular complexity index is 863. The molecule has 0 bridgehead atoms. The summed E-state index contributed by atoms with van der Waals surface area (Å²) >= 11 is 0. The maximum absolute atomic E-state index is 12.9. The van der Waals surface area contributed by atoms with Crippen molar-refractivity contribution < 1.29 is 9.53 Å². The molecule has 2 aromatic heterocycles. The summed E-state index contributed by atoms with van der Waals surface area (Å²) in [5.74, 6) is 0.0773. The Morgan fingerprint density at radius 3 is 2.88 bits per heavy atom. The first-order chi connectivity index (χ1) is 12.1. The van der Waals surface area contributed by atoms with Gasteiger partial charge >= 0.3 is 0 Å². The van der Waals surface area contributed by atoms with Crippen LogP contribution in [0.25, 0.3) is 5.65 Å². The Kier molecular flexibility index (Phi) is 4.11. The summed E-state index contributed by atoms with van der Waals surface area (Å²) in [6, 6.07) is 1.85. The molecule has 0 aromatic carbocycles. The highest BCUT2D eigenvalue weighted by atomic mass is 16.5. The molecule has 7 heteroatoms. The Labute approximate surface area is 146 Å². The molecule has 1 N–H and O–H groups in total. The molecule has 2 aliphatic rings. The molecule has 0 aliphatic carbocycles. The van der Waals surface area contributed by atoms with Gasteiger partial charge in [0.2, 0.25) is 0 Å². The molecule has 2 aromatic rings. The highest BCUT2D eigenvalue weighted by Crippen LogP contribution is 2.32. The van der Waals surface area contributed by atoms with Crippen LogP contribution in [-0.4, -0.2) is 44.7 Å². The minimum Gasteiger partial charge on any atom is -0.368 e. The molecule has 1 amide bonds. The molecule has 2 unspecified atom stereocenters. The van der Waals surface area contributed by atoms with Gasteiger partial charge in [0.05, 0.1) is 11.7 Å². The van der Waals surface area contributed by atoms with Crippen LogP contribution in [0.2, 0.25) is 0 Å². The van der Waals surface area contributed by atoms with Crippen LogP contribution < -0.4 is 5.56 Å². The third kappa shape index (κ3) is 2.76. The van der Waals surface area contributed by atoms with Gasteiger partial charge in [-0.25, -0.2) is 9.50 Å². The van der Waals surface area contributed by atoms with Crippen molar-refractivity contribution in [3.63, 3.8) is 0 Å². The lowest BCUT2D eigenvalue weighted by Gasteiger charge is -2.36. The first-order valence-corrected chi connectivity index (χ1v) is 9.07. The van der Waals surface area contributed by atoms with Gasteiger partial charge in [0.15, 0.2) is 5.65 Å². The number of piperidine rings is 1. The smallest absolute Gasteiger partial charge is 0.275 e. The fourth-order valence-corrected chi connectivity index (χ4v) is 3.88. The van der Waals surface area contributed by atoms with Crippen LogP contribution in [0.15, 0.2) is 10.9 Å². The van der Waals surface area contributed by atoms with Gasteiger partial charge in [0, 0.05) is 30.5 Å². The number of rotatable bonds is 2. The van der Waals surface area contributed by atoms with Crippen LogP contribution in [0.4, 0.5) is 0 Å². The van der Waals surface area contributed by atoms with Gasteiger partial charge in [0.25, 0.3) is 11.5 Å². The zero-order valence-electron chi connectivity index (χ0n) is 14.7. The summed E-state index contributed by atoms with van der Waals surface area (Å²) in [7, 11) is 0. The number of likely N-dealkylation sites (tertiary alicyclic amines) is 1. The van der Waals surface area contributed by atoms with Gasteiger partial charge < -0.3 is 9.64 Å². The molecule has 0 spiro atoms. The highest BCUT2D eigenvalue weighted by molar-refractivity contribution is 5.81. The van der Waals surface area contributed by atoms with E-state index in [0.717, 1.165) is 50.0 Å². The largest absolute Gasteiger partial charge is 0.368 e. The van der Waals surface area contributed by atoms with Crippen LogP contribution in [0.5, 0.6) is 0 Å². The van der Waals surface area contributed by atoms with E-state index in [4.69, 9.17) is 4.74 Å². The lowest BCUT2D eigenvalue weighted by Crippen LogP contribution is -2.44. The van der Waals surface area contributed by atoms with E-state index in [2.05, 4.69) is 10.1 Å². The average molecular weight is 344 g/mol. The van der Waals surface area contributed by atoms with Crippen LogP contribution in [0, 0.1) is 13.8 Å². The minimum absolute atomic E-state index is 0.0489. The fourth-order valence-electron chi connectivity index (χ4n) is 3.88. The molecule has 4 heterocycles. The van der Waals surface area contributed by atoms with Gasteiger partial charge in [-0.05, 0) is 46.0 Å². The molecule has 134 valence electrons. The number of nitrogens with zero attached hydrogens (tertiary/aromatic N) is 3. The van der Waals surface area contributed by atoms with Crippen molar-refractivity contribution in [2.24, 2.45) is 0 Å². The van der Waals surface area contributed by atoms with Crippen molar-refractivity contribution >= 4 is 11.6 Å². The fraction of sp³-hybridized carbons (Fsp3) is 0.611. The number of aryl methyl sites for hydroxylation is 1. The molecule has 0 radical (unpaired) electrons. The number of fused-ring (bicyclic) bond motifs is 1. The van der Waals surface area contributed by atoms with Crippen molar-refractivity contribution in [1.82, 2.24) is 19.5 Å². The lowest BCUT2D eigenvalue weighted by atomic mass is 9.98. The number of carbonyl (C=O) groups excluding carboxylic acids is 1. The number of aromatic nitrogens is 3. The van der Waals surface area contributed by atoms with Crippen molar-refractivity contribution in [2.75, 3.05) is 13.2 Å². The summed E-state index contributed by atoms with van der Waals surface area (Å²) < 4.78 is 7.08. The molecule has 25 heavy (non-hydrogen) atoms. The van der Waals surface area contributed by atoms with Gasteiger partial charge in [-0.3, -0.25) is 14.7 Å². The van der Waals surface area contributed by atoms with Gasteiger partial charge in [0.1, 0.15) is 6.10 Å². The van der Waals surface area contributed by atoms with Crippen LogP contribution >= 0.6 is 0 Å². The van der Waals surface area contributed by atoms with E-state index in [0.29, 0.717) is 17.8 Å². The number of hydrogen-bond acceptors (Lipinski definition) is 4. The van der Waals surface area contributed by atoms with E-state index in [1.165, 1.54) is 4.52 Å². The van der Waals surface area contributed by atoms with Crippen LogP contribution in [0.3, 0.4) is 0 Å². The Morgan fingerprint density at radius 2 is 2.12 bits per heavy atom. The Hall–Kier alpha value is -2.15. The van der Waals surface area contributed by atoms with Crippen molar-refractivity contribution in [3.8, 4) is 0 Å². The number of ether oxygens (including phenoxy) is 1. The minimum atomic E-state index is -0.310. The molecule has 0 saturated carbocycles. The molecule has 4 rings (SSSR count). The summed E-state index contributed by atoms with van der Waals surface area (Å²) in [5.41, 5.74) is 2.79. The molecular weight excluding hydrogens is 320 g/mol. The lowest BCUT2D eigenvalue weighted by molar-refractivity contribution is -0.145. The van der Waals surface area contributed by atoms with E-state index in [1.807, 2.05) is 17.9 Å². The number of carbonyl (C=O) groups is 1. The number of hydrogen-bond donors (Lipinski definition) is 1. The third-order valence-corrected chi connectivity index (χ3v) is 5.45. The maximum atomic E-state index is 12.9. The van der Waals surface area contributed by atoms with E-state index < -0.39 is 0 Å². The second-order valence-corrected chi connectivity index (χ2v) is 7.08. The van der Waals surface area contributed by atoms with Crippen molar-refractivity contribution in [2.45, 2.75) is 58.1 Å². The summed E-state index contributed by atoms with van der Waals surface area (Å²) in [5, 5.41) is 3.18. The normalized spacial score (nSPS) is 24.2. The molecule has 2 saturated heterocycles. The Morgan fingerprint density at radius 1 is 1.28 bits per heavy atom. The number of amides is 1. The quantitative estimate of drug-likeness (QED) is 0.902. The van der Waals surface area contributed by atoms with E-state index in [9.17, 15) is 9.59 Å². The number of aromatic amines is 1. The van der Waals surface area contributed by atoms with Crippen molar-refractivity contribution in [3.05, 3.63) is 33.4 Å². The molecule has 7 nitrogen and oxygen atoms in total. The zero-order chi connectivity index (χ0) is 17.6. The first kappa shape index (κ1) is 16.3. The predicted octanol–water partition coefficient (Wildman–Crippen LogP) is 1.87. The summed E-state index contributed by atoms with van der Waals surface area (Å²) in [6.45, 7) is 5.03. The van der Waals surface area contributed by atoms with Gasteiger partial charge in [-0.15, -0.1) is 0 Å². The molecule has 2 aliphatic heterocycles. The topological polar surface area (TPSA) is 79.7 Å². The molecule has 2 atom stereocenters. The predicted molar refractivity (Wildman–Crippen MR) is 92.6 cm³/mol. The third-order valence-electron chi connectivity index (χ3n) is 5.45. The number of nitrogens with one attached hydrogen (secondary N) is 1. The van der Waals surface area contributed by atoms with E-state index in [1.54, 1.807) is 6.92 Å². The van der Waals surface area contributed by atoms with Gasteiger partial charge in [-0.2, -0.15) is 0 Å². The maximum Gasteiger partial charge on any atom is 0.275 e. The van der Waals surface area contributed by atoms with E-state index >= 15 is 0 Å². The van der Waals surface area contributed by atoms with Crippen LogP contribution in [0.1, 0.15) is 55.1 Å². The zero-order valence-corrected chi connectivity index (χ0v) is 14.7. The Balaban J connectivity index is 1.71. The summed E-state index contributed by atoms with van der Waals surface area (Å²) in [6.07, 6.45) is 4.39. The average Bonchev–Trinajstić information content (AvgIpc) is 3.29. The van der Waals surface area contributed by atoms with Crippen molar-refractivity contribution in [1.29, 1.82) is 0 Å². The van der Waals surface area contributed by atoms with Gasteiger partial charge in [-0.1, -0.05) is 0 Å². The highest BCUT2D eigenvalue weighted by Gasteiger charge is 2.35. The standard InChI is InChI=1S/C18H24N4O3/c1-11-12(2)19-16-10-13(20-22(16)17(11)23)14-6-3-4-8-21(14)18(24)15-7-5-9-25-15/h10,14-15,20H,3-9H2,1-2H3. The summed E-state index contributed by atoms with van der Waals surface area (Å²) in [4.78, 5) is 31.8. The number of H-pyrrole nitrogens is 1. The second-order valence-electron chi connectivity index (χ2n) is 7.08. The van der Waals surface area contributed by atoms with Crippen LogP contribution in [-0.2, 0) is 9.53 Å². The SMILES string of the molecule is Cc1nc2cc(C3CCCCN3C(=O)C3CCCO3)[nH]n2c(=O)c1C.